The molecule has 0 bridgehead atoms. The fourth-order valence-electron chi connectivity index (χ4n) is 1.51. The number of halogens is 4. The van der Waals surface area contributed by atoms with Crippen LogP contribution in [0.4, 0.5) is 13.2 Å². The van der Waals surface area contributed by atoms with Gasteiger partial charge < -0.3 is 5.11 Å². The van der Waals surface area contributed by atoms with E-state index in [1.807, 2.05) is 0 Å². The Kier molecular flexibility index (Phi) is 2.88. The lowest BCUT2D eigenvalue weighted by Crippen LogP contribution is -2.08. The number of rotatable bonds is 0. The van der Waals surface area contributed by atoms with E-state index in [1.54, 1.807) is 22.6 Å². The van der Waals surface area contributed by atoms with E-state index in [2.05, 4.69) is 9.97 Å². The van der Waals surface area contributed by atoms with Crippen molar-refractivity contribution in [2.75, 3.05) is 0 Å². The minimum absolute atomic E-state index is 0.00910. The molecule has 0 aliphatic carbocycles. The Morgan fingerprint density at radius 3 is 2.47 bits per heavy atom. The molecule has 0 saturated carbocycles. The van der Waals surface area contributed by atoms with Gasteiger partial charge in [0.1, 0.15) is 5.82 Å². The van der Waals surface area contributed by atoms with E-state index in [9.17, 15) is 18.3 Å². The SMILES string of the molecule is Cc1nc(O)c2cc(I)cc(C(F)(F)F)c2n1. The van der Waals surface area contributed by atoms with Crippen LogP contribution in [0.1, 0.15) is 11.4 Å². The van der Waals surface area contributed by atoms with Crippen molar-refractivity contribution in [1.82, 2.24) is 9.97 Å². The van der Waals surface area contributed by atoms with E-state index < -0.39 is 17.6 Å². The van der Waals surface area contributed by atoms with Crippen LogP contribution in [-0.2, 0) is 6.18 Å². The topological polar surface area (TPSA) is 46.0 Å². The van der Waals surface area contributed by atoms with E-state index in [0.717, 1.165) is 6.07 Å². The summed E-state index contributed by atoms with van der Waals surface area (Å²) in [5.74, 6) is -0.335. The number of aromatic nitrogens is 2. The van der Waals surface area contributed by atoms with Crippen LogP contribution in [-0.4, -0.2) is 15.1 Å². The predicted molar refractivity (Wildman–Crippen MR) is 63.7 cm³/mol. The Morgan fingerprint density at radius 1 is 1.24 bits per heavy atom. The Labute approximate surface area is 108 Å². The summed E-state index contributed by atoms with van der Waals surface area (Å²) in [5, 5.41) is 9.55. The molecular weight excluding hydrogens is 348 g/mol. The van der Waals surface area contributed by atoms with Crippen LogP contribution in [0.2, 0.25) is 0 Å². The quantitative estimate of drug-likeness (QED) is 0.739. The number of fused-ring (bicyclic) bond motifs is 1. The van der Waals surface area contributed by atoms with E-state index in [4.69, 9.17) is 0 Å². The van der Waals surface area contributed by atoms with Crippen LogP contribution in [0, 0.1) is 10.5 Å². The van der Waals surface area contributed by atoms with Gasteiger partial charge in [0.05, 0.1) is 16.5 Å². The molecule has 1 heterocycles. The second-order valence-electron chi connectivity index (χ2n) is 3.44. The molecule has 0 unspecified atom stereocenters. The van der Waals surface area contributed by atoms with Gasteiger partial charge in [0.15, 0.2) is 0 Å². The van der Waals surface area contributed by atoms with Crippen molar-refractivity contribution in [3.63, 3.8) is 0 Å². The van der Waals surface area contributed by atoms with Gasteiger partial charge >= 0.3 is 6.18 Å². The summed E-state index contributed by atoms with van der Waals surface area (Å²) in [5.41, 5.74) is -1.14. The van der Waals surface area contributed by atoms with Crippen molar-refractivity contribution in [3.05, 3.63) is 27.1 Å². The van der Waals surface area contributed by atoms with E-state index in [0.29, 0.717) is 3.57 Å². The molecule has 0 atom stereocenters. The average Bonchev–Trinajstić information content (AvgIpc) is 2.16. The fourth-order valence-corrected chi connectivity index (χ4v) is 2.13. The lowest BCUT2D eigenvalue weighted by atomic mass is 10.1. The summed E-state index contributed by atoms with van der Waals surface area (Å²) < 4.78 is 38.8. The second kappa shape index (κ2) is 3.97. The third kappa shape index (κ3) is 2.28. The van der Waals surface area contributed by atoms with Crippen LogP contribution in [0.5, 0.6) is 5.88 Å². The third-order valence-electron chi connectivity index (χ3n) is 2.16. The molecule has 3 nitrogen and oxygen atoms in total. The highest BCUT2D eigenvalue weighted by Gasteiger charge is 2.34. The van der Waals surface area contributed by atoms with Crippen LogP contribution in [0.15, 0.2) is 12.1 Å². The average molecular weight is 354 g/mol. The van der Waals surface area contributed by atoms with E-state index >= 15 is 0 Å². The number of hydrogen-bond donors (Lipinski definition) is 1. The first-order valence-corrected chi connectivity index (χ1v) is 5.61. The Balaban J connectivity index is 2.93. The van der Waals surface area contributed by atoms with Crippen molar-refractivity contribution < 1.29 is 18.3 Å². The largest absolute Gasteiger partial charge is 0.493 e. The molecule has 17 heavy (non-hydrogen) atoms. The van der Waals surface area contributed by atoms with Gasteiger partial charge in [-0.05, 0) is 41.6 Å². The summed E-state index contributed by atoms with van der Waals surface area (Å²) in [6.45, 7) is 1.43. The van der Waals surface area contributed by atoms with Crippen LogP contribution in [0.3, 0.4) is 0 Å². The molecule has 0 saturated heterocycles. The number of nitrogens with zero attached hydrogens (tertiary/aromatic N) is 2. The Bertz CT molecular complexity index is 598. The molecule has 1 aromatic heterocycles. The van der Waals surface area contributed by atoms with E-state index in [1.165, 1.54) is 13.0 Å². The molecule has 0 aliphatic heterocycles. The molecule has 7 heteroatoms. The summed E-state index contributed by atoms with van der Waals surface area (Å²) in [6, 6.07) is 2.41. The molecule has 0 spiro atoms. The molecule has 1 aromatic carbocycles. The standard InChI is InChI=1S/C10H6F3IN2O/c1-4-15-8-6(9(17)16-4)2-5(14)3-7(8)10(11,12)13/h2-3H,1H3,(H,15,16,17). The molecule has 90 valence electrons. The predicted octanol–water partition coefficient (Wildman–Crippen LogP) is 3.27. The molecule has 0 amide bonds. The van der Waals surface area contributed by atoms with Gasteiger partial charge in [0.2, 0.25) is 5.88 Å². The number of alkyl halides is 3. The van der Waals surface area contributed by atoms with Crippen molar-refractivity contribution in [1.29, 1.82) is 0 Å². The van der Waals surface area contributed by atoms with Crippen molar-refractivity contribution in [2.45, 2.75) is 13.1 Å². The van der Waals surface area contributed by atoms with Gasteiger partial charge in [-0.1, -0.05) is 0 Å². The van der Waals surface area contributed by atoms with E-state index in [-0.39, 0.29) is 16.7 Å². The number of aryl methyl sites for hydroxylation is 1. The maximum Gasteiger partial charge on any atom is 0.418 e. The summed E-state index contributed by atoms with van der Waals surface area (Å²) >= 11 is 1.75. The Hall–Kier alpha value is -1.12. The Morgan fingerprint density at radius 2 is 1.88 bits per heavy atom. The molecule has 0 radical (unpaired) electrons. The normalized spacial score (nSPS) is 12.1. The van der Waals surface area contributed by atoms with Gasteiger partial charge in [-0.25, -0.2) is 4.98 Å². The van der Waals surface area contributed by atoms with Crippen molar-refractivity contribution >= 4 is 33.5 Å². The lowest BCUT2D eigenvalue weighted by molar-refractivity contribution is -0.136. The monoisotopic (exact) mass is 354 g/mol. The zero-order chi connectivity index (χ0) is 12.8. The number of benzene rings is 1. The molecule has 1 N–H and O–H groups in total. The van der Waals surface area contributed by atoms with Crippen molar-refractivity contribution in [3.8, 4) is 5.88 Å². The van der Waals surface area contributed by atoms with Gasteiger partial charge in [-0.2, -0.15) is 18.2 Å². The smallest absolute Gasteiger partial charge is 0.418 e. The molecule has 2 rings (SSSR count). The maximum atomic E-state index is 12.8. The highest BCUT2D eigenvalue weighted by atomic mass is 127. The lowest BCUT2D eigenvalue weighted by Gasteiger charge is -2.11. The first kappa shape index (κ1) is 12.3. The van der Waals surface area contributed by atoms with Crippen molar-refractivity contribution in [2.24, 2.45) is 0 Å². The van der Waals surface area contributed by atoms with Gasteiger partial charge in [-0.15, -0.1) is 0 Å². The molecule has 0 fully saturated rings. The molecule has 2 aromatic rings. The molecular formula is C10H6F3IN2O. The number of aromatic hydroxyl groups is 1. The van der Waals surface area contributed by atoms with Crippen LogP contribution >= 0.6 is 22.6 Å². The first-order valence-electron chi connectivity index (χ1n) is 4.53. The molecule has 0 aliphatic rings. The van der Waals surface area contributed by atoms with Crippen LogP contribution in [0.25, 0.3) is 10.9 Å². The highest BCUT2D eigenvalue weighted by molar-refractivity contribution is 14.1. The fraction of sp³-hybridized carbons (Fsp3) is 0.200. The summed E-state index contributed by atoms with van der Waals surface area (Å²) in [6.07, 6.45) is -4.51. The number of hydrogen-bond acceptors (Lipinski definition) is 3. The van der Waals surface area contributed by atoms with Crippen LogP contribution < -0.4 is 0 Å². The summed E-state index contributed by atoms with van der Waals surface area (Å²) in [7, 11) is 0. The summed E-state index contributed by atoms with van der Waals surface area (Å²) in [4.78, 5) is 7.39. The first-order chi connectivity index (χ1) is 7.79. The van der Waals surface area contributed by atoms with Gasteiger partial charge in [0.25, 0.3) is 0 Å². The maximum absolute atomic E-state index is 12.8. The van der Waals surface area contributed by atoms with Gasteiger partial charge in [-0.3, -0.25) is 0 Å². The second-order valence-corrected chi connectivity index (χ2v) is 4.69. The highest BCUT2D eigenvalue weighted by Crippen LogP contribution is 2.37. The zero-order valence-electron chi connectivity index (χ0n) is 8.51. The third-order valence-corrected chi connectivity index (χ3v) is 2.79. The zero-order valence-corrected chi connectivity index (χ0v) is 10.7. The van der Waals surface area contributed by atoms with Gasteiger partial charge in [0, 0.05) is 3.57 Å². The minimum atomic E-state index is -4.51. The minimum Gasteiger partial charge on any atom is -0.493 e.